The van der Waals surface area contributed by atoms with Crippen LogP contribution in [0.2, 0.25) is 0 Å². The molecule has 1 aromatic heterocycles. The Kier molecular flexibility index (Phi) is 3.46. The summed E-state index contributed by atoms with van der Waals surface area (Å²) in [5, 5.41) is 10.5. The van der Waals surface area contributed by atoms with Gasteiger partial charge in [0.05, 0.1) is 6.07 Å². The Morgan fingerprint density at radius 1 is 1.21 bits per heavy atom. The van der Waals surface area contributed by atoms with Crippen molar-refractivity contribution in [2.24, 2.45) is 0 Å². The third kappa shape index (κ3) is 2.88. The molecule has 0 aliphatic heterocycles. The maximum atomic E-state index is 11.9. The first-order chi connectivity index (χ1) is 8.97. The highest BCUT2D eigenvalue weighted by molar-refractivity contribution is 5.95. The van der Waals surface area contributed by atoms with E-state index in [1.165, 1.54) is 12.1 Å². The van der Waals surface area contributed by atoms with Gasteiger partial charge in [0.1, 0.15) is 4.92 Å². The fourth-order valence-corrected chi connectivity index (χ4v) is 1.76. The molecule has 1 heterocycles. The molecule has 0 N–H and O–H groups in total. The second-order valence-corrected chi connectivity index (χ2v) is 4.41. The molecule has 2 aromatic rings. The van der Waals surface area contributed by atoms with Gasteiger partial charge >= 0.3 is 5.88 Å². The van der Waals surface area contributed by atoms with E-state index < -0.39 is 10.8 Å². The SMILES string of the molecule is Cc1ccc(CC(=O)c2ccc([N+](=O)[O-])o2)cc1C. The van der Waals surface area contributed by atoms with Gasteiger partial charge in [-0.3, -0.25) is 14.9 Å². The molecule has 0 saturated carbocycles. The molecule has 0 aliphatic rings. The van der Waals surface area contributed by atoms with Crippen LogP contribution >= 0.6 is 0 Å². The summed E-state index contributed by atoms with van der Waals surface area (Å²) in [5.41, 5.74) is 3.13. The van der Waals surface area contributed by atoms with E-state index in [2.05, 4.69) is 0 Å². The van der Waals surface area contributed by atoms with Crippen LogP contribution in [-0.4, -0.2) is 10.7 Å². The zero-order valence-corrected chi connectivity index (χ0v) is 10.7. The summed E-state index contributed by atoms with van der Waals surface area (Å²) < 4.78 is 4.88. The topological polar surface area (TPSA) is 73.3 Å². The lowest BCUT2D eigenvalue weighted by molar-refractivity contribution is -0.402. The molecule has 5 nitrogen and oxygen atoms in total. The maximum absolute atomic E-state index is 11.9. The van der Waals surface area contributed by atoms with Crippen LogP contribution in [0.15, 0.2) is 34.7 Å². The highest BCUT2D eigenvalue weighted by atomic mass is 16.6. The summed E-state index contributed by atoms with van der Waals surface area (Å²) in [4.78, 5) is 21.7. The number of aryl methyl sites for hydroxylation is 2. The molecule has 0 saturated heterocycles. The first kappa shape index (κ1) is 13.0. The van der Waals surface area contributed by atoms with Gasteiger partial charge in [-0.1, -0.05) is 18.2 Å². The summed E-state index contributed by atoms with van der Waals surface area (Å²) in [7, 11) is 0. The number of benzene rings is 1. The largest absolute Gasteiger partial charge is 0.433 e. The molecule has 0 unspecified atom stereocenters. The predicted molar refractivity (Wildman–Crippen MR) is 69.3 cm³/mol. The quantitative estimate of drug-likeness (QED) is 0.480. The fraction of sp³-hybridized carbons (Fsp3) is 0.214. The van der Waals surface area contributed by atoms with Gasteiger partial charge in [0.2, 0.25) is 5.78 Å². The minimum atomic E-state index is -0.660. The Hall–Kier alpha value is -2.43. The second-order valence-electron chi connectivity index (χ2n) is 4.41. The molecule has 1 aromatic carbocycles. The van der Waals surface area contributed by atoms with Gasteiger partial charge in [-0.25, -0.2) is 0 Å². The van der Waals surface area contributed by atoms with Crippen LogP contribution in [0.25, 0.3) is 0 Å². The Morgan fingerprint density at radius 3 is 2.53 bits per heavy atom. The minimum Gasteiger partial charge on any atom is -0.397 e. The average Bonchev–Trinajstić information content (AvgIpc) is 2.83. The molecule has 0 amide bonds. The van der Waals surface area contributed by atoms with Crippen LogP contribution in [0.1, 0.15) is 27.2 Å². The Morgan fingerprint density at radius 2 is 1.95 bits per heavy atom. The first-order valence-corrected chi connectivity index (χ1v) is 5.81. The van der Waals surface area contributed by atoms with Gasteiger partial charge in [-0.05, 0) is 36.6 Å². The van der Waals surface area contributed by atoms with E-state index in [9.17, 15) is 14.9 Å². The van der Waals surface area contributed by atoms with Crippen molar-refractivity contribution in [3.8, 4) is 0 Å². The first-order valence-electron chi connectivity index (χ1n) is 5.81. The zero-order valence-electron chi connectivity index (χ0n) is 10.7. The molecular formula is C14H13NO4. The Bertz CT molecular complexity index is 643. The molecule has 19 heavy (non-hydrogen) atoms. The number of rotatable bonds is 4. The van der Waals surface area contributed by atoms with Crippen molar-refractivity contribution in [3.05, 3.63) is 62.9 Å². The number of Topliss-reactive ketones (excluding diaryl/α,β-unsaturated/α-hetero) is 1. The maximum Gasteiger partial charge on any atom is 0.433 e. The lowest BCUT2D eigenvalue weighted by Gasteiger charge is -2.03. The number of carbonyl (C=O) groups excluding carboxylic acids is 1. The lowest BCUT2D eigenvalue weighted by atomic mass is 10.0. The molecule has 0 bridgehead atoms. The number of nitro groups is 1. The summed E-state index contributed by atoms with van der Waals surface area (Å²) in [6, 6.07) is 8.28. The molecule has 0 aliphatic carbocycles. The number of nitrogens with zero attached hydrogens (tertiary/aromatic N) is 1. The van der Waals surface area contributed by atoms with Gasteiger partial charge in [-0.15, -0.1) is 0 Å². The number of ketones is 1. The van der Waals surface area contributed by atoms with E-state index in [-0.39, 0.29) is 18.0 Å². The molecule has 0 fully saturated rings. The van der Waals surface area contributed by atoms with Gasteiger partial charge in [0, 0.05) is 6.42 Å². The van der Waals surface area contributed by atoms with E-state index in [4.69, 9.17) is 4.42 Å². The van der Waals surface area contributed by atoms with Gasteiger partial charge in [-0.2, -0.15) is 0 Å². The van der Waals surface area contributed by atoms with Gasteiger partial charge in [0.15, 0.2) is 5.76 Å². The van der Waals surface area contributed by atoms with Crippen molar-refractivity contribution in [3.63, 3.8) is 0 Å². The standard InChI is InChI=1S/C14H13NO4/c1-9-3-4-11(7-10(9)2)8-12(16)13-5-6-14(19-13)15(17)18/h3-7H,8H2,1-2H3. The van der Waals surface area contributed by atoms with Crippen LogP contribution in [0.5, 0.6) is 0 Å². The van der Waals surface area contributed by atoms with Crippen LogP contribution in [0.3, 0.4) is 0 Å². The third-order valence-corrected chi connectivity index (χ3v) is 2.98. The highest BCUT2D eigenvalue weighted by Crippen LogP contribution is 2.18. The number of hydrogen-bond acceptors (Lipinski definition) is 4. The van der Waals surface area contributed by atoms with Gasteiger partial charge < -0.3 is 4.42 Å². The van der Waals surface area contributed by atoms with Crippen molar-refractivity contribution in [2.75, 3.05) is 0 Å². The van der Waals surface area contributed by atoms with Crippen LogP contribution < -0.4 is 0 Å². The normalized spacial score (nSPS) is 10.4. The molecule has 0 spiro atoms. The molecule has 98 valence electrons. The van der Waals surface area contributed by atoms with E-state index in [0.717, 1.165) is 16.7 Å². The van der Waals surface area contributed by atoms with E-state index in [0.29, 0.717) is 0 Å². The second kappa shape index (κ2) is 5.06. The Labute approximate surface area is 110 Å². The van der Waals surface area contributed by atoms with Crippen molar-refractivity contribution < 1.29 is 14.1 Å². The molecule has 0 radical (unpaired) electrons. The van der Waals surface area contributed by atoms with Crippen molar-refractivity contribution >= 4 is 11.7 Å². The van der Waals surface area contributed by atoms with Crippen molar-refractivity contribution in [2.45, 2.75) is 20.3 Å². The monoisotopic (exact) mass is 259 g/mol. The zero-order chi connectivity index (χ0) is 14.0. The van der Waals surface area contributed by atoms with Crippen molar-refractivity contribution in [1.29, 1.82) is 0 Å². The van der Waals surface area contributed by atoms with Crippen LogP contribution in [0, 0.1) is 24.0 Å². The fourth-order valence-electron chi connectivity index (χ4n) is 1.76. The summed E-state index contributed by atoms with van der Waals surface area (Å²) in [5.74, 6) is -0.662. The van der Waals surface area contributed by atoms with E-state index in [1.54, 1.807) is 0 Å². The van der Waals surface area contributed by atoms with Gasteiger partial charge in [0.25, 0.3) is 0 Å². The van der Waals surface area contributed by atoms with Crippen molar-refractivity contribution in [1.82, 2.24) is 0 Å². The summed E-state index contributed by atoms with van der Waals surface area (Å²) >= 11 is 0. The Balaban J connectivity index is 2.15. The minimum absolute atomic E-state index is 0.0185. The van der Waals surface area contributed by atoms with Crippen LogP contribution in [0.4, 0.5) is 5.88 Å². The van der Waals surface area contributed by atoms with E-state index >= 15 is 0 Å². The summed E-state index contributed by atoms with van der Waals surface area (Å²) in [6.07, 6.45) is 0.172. The molecule has 0 atom stereocenters. The smallest absolute Gasteiger partial charge is 0.397 e. The van der Waals surface area contributed by atoms with Crippen LogP contribution in [-0.2, 0) is 6.42 Å². The molecule has 5 heteroatoms. The molecule has 2 rings (SSSR count). The lowest BCUT2D eigenvalue weighted by Crippen LogP contribution is -2.02. The van der Waals surface area contributed by atoms with E-state index in [1.807, 2.05) is 32.0 Å². The average molecular weight is 259 g/mol. The number of carbonyl (C=O) groups is 1. The number of hydrogen-bond donors (Lipinski definition) is 0. The third-order valence-electron chi connectivity index (χ3n) is 2.98. The summed E-state index contributed by atoms with van der Waals surface area (Å²) in [6.45, 7) is 3.97. The predicted octanol–water partition coefficient (Wildman–Crippen LogP) is 3.23. The highest BCUT2D eigenvalue weighted by Gasteiger charge is 2.17. The number of furan rings is 1. The molecular weight excluding hydrogens is 246 g/mol.